The molecular weight excluding hydrogens is 246 g/mol. The Morgan fingerprint density at radius 3 is 2.44 bits per heavy atom. The minimum Gasteiger partial charge on any atom is -0.491 e. The largest absolute Gasteiger partial charge is 0.491 e. The molecule has 0 saturated carbocycles. The standard InChI is InChI=1S/C14H17NO2S/c1-9(2)17-12-6-4-11(5-7-12)14-15-13(8-16)10(3)18-14/h4-7,9,16H,8H2,1-3H3. The number of aliphatic hydroxyl groups is 1. The molecule has 0 aliphatic heterocycles. The molecule has 0 bridgehead atoms. The van der Waals surface area contributed by atoms with Crippen LogP contribution in [0, 0.1) is 6.92 Å². The number of aliphatic hydroxyl groups excluding tert-OH is 1. The van der Waals surface area contributed by atoms with Crippen LogP contribution < -0.4 is 4.74 Å². The molecule has 0 saturated heterocycles. The van der Waals surface area contributed by atoms with Gasteiger partial charge in [-0.1, -0.05) is 0 Å². The van der Waals surface area contributed by atoms with E-state index < -0.39 is 0 Å². The summed E-state index contributed by atoms with van der Waals surface area (Å²) >= 11 is 1.60. The molecule has 2 rings (SSSR count). The molecule has 0 spiro atoms. The SMILES string of the molecule is Cc1sc(-c2ccc(OC(C)C)cc2)nc1CO. The first-order valence-corrected chi connectivity index (χ1v) is 6.76. The second-order valence-corrected chi connectivity index (χ2v) is 5.57. The first-order chi connectivity index (χ1) is 8.60. The molecule has 0 unspecified atom stereocenters. The average molecular weight is 263 g/mol. The van der Waals surface area contributed by atoms with Gasteiger partial charge in [0.2, 0.25) is 0 Å². The third kappa shape index (κ3) is 2.89. The van der Waals surface area contributed by atoms with E-state index in [1.165, 1.54) is 0 Å². The van der Waals surface area contributed by atoms with Crippen molar-refractivity contribution in [3.05, 3.63) is 34.8 Å². The van der Waals surface area contributed by atoms with Crippen LogP contribution in [0.1, 0.15) is 24.4 Å². The minimum atomic E-state index is -0.00310. The molecule has 18 heavy (non-hydrogen) atoms. The van der Waals surface area contributed by atoms with Crippen LogP contribution in [0.5, 0.6) is 5.75 Å². The van der Waals surface area contributed by atoms with Gasteiger partial charge in [-0.2, -0.15) is 0 Å². The zero-order valence-corrected chi connectivity index (χ0v) is 11.6. The Kier molecular flexibility index (Phi) is 3.99. The minimum absolute atomic E-state index is 0.00310. The van der Waals surface area contributed by atoms with E-state index in [0.717, 1.165) is 26.9 Å². The molecule has 0 radical (unpaired) electrons. The lowest BCUT2D eigenvalue weighted by Crippen LogP contribution is -2.05. The monoisotopic (exact) mass is 263 g/mol. The van der Waals surface area contributed by atoms with Crippen molar-refractivity contribution in [2.75, 3.05) is 0 Å². The molecule has 96 valence electrons. The molecule has 3 nitrogen and oxygen atoms in total. The summed E-state index contributed by atoms with van der Waals surface area (Å²) in [6, 6.07) is 7.89. The van der Waals surface area contributed by atoms with Gasteiger partial charge in [-0.3, -0.25) is 0 Å². The summed E-state index contributed by atoms with van der Waals surface area (Å²) < 4.78 is 5.60. The molecular formula is C14H17NO2S. The van der Waals surface area contributed by atoms with E-state index in [9.17, 15) is 0 Å². The number of benzene rings is 1. The zero-order valence-electron chi connectivity index (χ0n) is 10.8. The van der Waals surface area contributed by atoms with Crippen molar-refractivity contribution in [2.24, 2.45) is 0 Å². The Labute approximate surface area is 111 Å². The molecule has 0 atom stereocenters. The van der Waals surface area contributed by atoms with Crippen molar-refractivity contribution in [3.8, 4) is 16.3 Å². The van der Waals surface area contributed by atoms with Gasteiger partial charge in [0.15, 0.2) is 0 Å². The summed E-state index contributed by atoms with van der Waals surface area (Å²) in [6.07, 6.45) is 0.180. The second-order valence-electron chi connectivity index (χ2n) is 4.37. The highest BCUT2D eigenvalue weighted by atomic mass is 32.1. The van der Waals surface area contributed by atoms with Crippen LogP contribution in [-0.2, 0) is 6.61 Å². The van der Waals surface area contributed by atoms with Crippen molar-refractivity contribution >= 4 is 11.3 Å². The van der Waals surface area contributed by atoms with E-state index in [4.69, 9.17) is 9.84 Å². The lowest BCUT2D eigenvalue weighted by Gasteiger charge is -2.09. The van der Waals surface area contributed by atoms with Gasteiger partial charge in [-0.05, 0) is 45.0 Å². The van der Waals surface area contributed by atoms with E-state index in [1.54, 1.807) is 11.3 Å². The summed E-state index contributed by atoms with van der Waals surface area (Å²) in [6.45, 7) is 5.98. The van der Waals surface area contributed by atoms with Crippen LogP contribution in [0.25, 0.3) is 10.6 Å². The molecule has 1 aromatic heterocycles. The number of aromatic nitrogens is 1. The quantitative estimate of drug-likeness (QED) is 0.919. The van der Waals surface area contributed by atoms with E-state index in [0.29, 0.717) is 0 Å². The van der Waals surface area contributed by atoms with Crippen molar-refractivity contribution in [1.29, 1.82) is 0 Å². The van der Waals surface area contributed by atoms with E-state index in [2.05, 4.69) is 4.98 Å². The van der Waals surface area contributed by atoms with Gasteiger partial charge in [-0.25, -0.2) is 4.98 Å². The summed E-state index contributed by atoms with van der Waals surface area (Å²) in [4.78, 5) is 5.48. The van der Waals surface area contributed by atoms with Gasteiger partial charge in [0.05, 0.1) is 18.4 Å². The molecule has 1 N–H and O–H groups in total. The number of hydrogen-bond acceptors (Lipinski definition) is 4. The summed E-state index contributed by atoms with van der Waals surface area (Å²) in [5.41, 5.74) is 1.82. The highest BCUT2D eigenvalue weighted by Crippen LogP contribution is 2.29. The lowest BCUT2D eigenvalue weighted by atomic mass is 10.2. The predicted molar refractivity (Wildman–Crippen MR) is 74.0 cm³/mol. The van der Waals surface area contributed by atoms with Crippen molar-refractivity contribution in [3.63, 3.8) is 0 Å². The number of ether oxygens (including phenoxy) is 1. The number of thiazole rings is 1. The molecule has 0 fully saturated rings. The van der Waals surface area contributed by atoms with Gasteiger partial charge in [0.1, 0.15) is 10.8 Å². The van der Waals surface area contributed by atoms with Crippen LogP contribution in [-0.4, -0.2) is 16.2 Å². The molecule has 0 amide bonds. The maximum atomic E-state index is 9.15. The van der Waals surface area contributed by atoms with Crippen LogP contribution in [0.3, 0.4) is 0 Å². The van der Waals surface area contributed by atoms with Crippen LogP contribution in [0.4, 0.5) is 0 Å². The molecule has 2 aromatic rings. The first-order valence-electron chi connectivity index (χ1n) is 5.94. The maximum Gasteiger partial charge on any atom is 0.123 e. The van der Waals surface area contributed by atoms with Crippen molar-refractivity contribution < 1.29 is 9.84 Å². The third-order valence-electron chi connectivity index (χ3n) is 2.52. The van der Waals surface area contributed by atoms with Crippen molar-refractivity contribution in [2.45, 2.75) is 33.5 Å². The second kappa shape index (κ2) is 5.50. The first kappa shape index (κ1) is 13.1. The number of hydrogen-bond donors (Lipinski definition) is 1. The summed E-state index contributed by atoms with van der Waals surface area (Å²) in [5.74, 6) is 0.865. The Morgan fingerprint density at radius 2 is 1.94 bits per heavy atom. The average Bonchev–Trinajstić information content (AvgIpc) is 2.71. The highest BCUT2D eigenvalue weighted by Gasteiger charge is 2.08. The molecule has 1 heterocycles. The number of nitrogens with zero attached hydrogens (tertiary/aromatic N) is 1. The Morgan fingerprint density at radius 1 is 1.28 bits per heavy atom. The summed E-state index contributed by atoms with van der Waals surface area (Å²) in [7, 11) is 0. The number of aryl methyl sites for hydroxylation is 1. The van der Waals surface area contributed by atoms with Gasteiger partial charge in [0, 0.05) is 10.4 Å². The fraction of sp³-hybridized carbons (Fsp3) is 0.357. The summed E-state index contributed by atoms with van der Waals surface area (Å²) in [5, 5.41) is 10.1. The Bertz CT molecular complexity index is 517. The third-order valence-corrected chi connectivity index (χ3v) is 3.58. The van der Waals surface area contributed by atoms with Crippen LogP contribution >= 0.6 is 11.3 Å². The van der Waals surface area contributed by atoms with Gasteiger partial charge < -0.3 is 9.84 Å². The van der Waals surface area contributed by atoms with Gasteiger partial charge in [-0.15, -0.1) is 11.3 Å². The zero-order chi connectivity index (χ0) is 13.1. The van der Waals surface area contributed by atoms with Crippen LogP contribution in [0.15, 0.2) is 24.3 Å². The molecule has 1 aromatic carbocycles. The maximum absolute atomic E-state index is 9.15. The lowest BCUT2D eigenvalue weighted by molar-refractivity contribution is 0.242. The fourth-order valence-electron chi connectivity index (χ4n) is 1.65. The van der Waals surface area contributed by atoms with Crippen molar-refractivity contribution in [1.82, 2.24) is 4.98 Å². The van der Waals surface area contributed by atoms with Gasteiger partial charge >= 0.3 is 0 Å². The van der Waals surface area contributed by atoms with Crippen LogP contribution in [0.2, 0.25) is 0 Å². The van der Waals surface area contributed by atoms with E-state index in [1.807, 2.05) is 45.0 Å². The molecule has 0 aliphatic carbocycles. The normalized spacial score (nSPS) is 10.9. The Balaban J connectivity index is 2.22. The Hall–Kier alpha value is -1.39. The highest BCUT2D eigenvalue weighted by molar-refractivity contribution is 7.15. The number of rotatable bonds is 4. The fourth-order valence-corrected chi connectivity index (χ4v) is 2.57. The topological polar surface area (TPSA) is 42.4 Å². The molecule has 4 heteroatoms. The predicted octanol–water partition coefficient (Wildman–Crippen LogP) is 3.40. The smallest absolute Gasteiger partial charge is 0.123 e. The molecule has 0 aliphatic rings. The van der Waals surface area contributed by atoms with Gasteiger partial charge in [0.25, 0.3) is 0 Å². The van der Waals surface area contributed by atoms with E-state index >= 15 is 0 Å². The van der Waals surface area contributed by atoms with E-state index in [-0.39, 0.29) is 12.7 Å².